The average Bonchev–Trinajstić information content (AvgIpc) is 2.80. The van der Waals surface area contributed by atoms with E-state index in [1.54, 1.807) is 0 Å². The van der Waals surface area contributed by atoms with E-state index in [9.17, 15) is 8.42 Å². The first-order valence-corrected chi connectivity index (χ1v) is 9.48. The van der Waals surface area contributed by atoms with Gasteiger partial charge in [-0.3, -0.25) is 0 Å². The third-order valence-electron chi connectivity index (χ3n) is 4.88. The lowest BCUT2D eigenvalue weighted by Gasteiger charge is -2.44. The van der Waals surface area contributed by atoms with E-state index >= 15 is 0 Å². The van der Waals surface area contributed by atoms with Crippen LogP contribution in [-0.2, 0) is 14.6 Å². The molecule has 4 nitrogen and oxygen atoms in total. The number of hydrogen-bond acceptors (Lipinski definition) is 4. The van der Waals surface area contributed by atoms with E-state index in [0.717, 1.165) is 31.7 Å². The fourth-order valence-electron chi connectivity index (χ4n) is 4.04. The van der Waals surface area contributed by atoms with E-state index in [1.165, 1.54) is 25.7 Å². The van der Waals surface area contributed by atoms with Gasteiger partial charge in [-0.1, -0.05) is 25.7 Å². The lowest BCUT2D eigenvalue weighted by atomic mass is 9.94. The molecule has 2 aliphatic heterocycles. The van der Waals surface area contributed by atoms with Gasteiger partial charge in [-0.25, -0.2) is 8.42 Å². The zero-order chi connectivity index (χ0) is 13.3. The molecule has 0 aromatic rings. The SMILES string of the molecule is O=S1(=O)CCCC2(CNCC(CC3CCCC3)O2)C1. The standard InChI is InChI=1S/C14H25NO3S/c16-19(17)7-3-6-14(11-19)10-15-9-13(18-14)8-12-4-1-2-5-12/h12-13,15H,1-11H2. The van der Waals surface area contributed by atoms with Crippen molar-refractivity contribution in [3.63, 3.8) is 0 Å². The number of hydrogen-bond donors (Lipinski definition) is 1. The minimum absolute atomic E-state index is 0.213. The molecule has 0 bridgehead atoms. The molecular formula is C14H25NO3S. The Morgan fingerprint density at radius 1 is 1.21 bits per heavy atom. The zero-order valence-corrected chi connectivity index (χ0v) is 12.4. The van der Waals surface area contributed by atoms with Crippen molar-refractivity contribution in [1.82, 2.24) is 5.32 Å². The normalized spacial score (nSPS) is 39.7. The molecule has 3 rings (SSSR count). The molecule has 3 fully saturated rings. The average molecular weight is 287 g/mol. The maximum Gasteiger partial charge on any atom is 0.153 e. The van der Waals surface area contributed by atoms with Gasteiger partial charge in [-0.2, -0.15) is 0 Å². The Balaban J connectivity index is 1.63. The van der Waals surface area contributed by atoms with Gasteiger partial charge in [0.05, 0.1) is 23.2 Å². The smallest absolute Gasteiger partial charge is 0.153 e. The number of nitrogens with one attached hydrogen (secondary N) is 1. The van der Waals surface area contributed by atoms with E-state index in [2.05, 4.69) is 5.32 Å². The lowest BCUT2D eigenvalue weighted by molar-refractivity contribution is -0.115. The minimum Gasteiger partial charge on any atom is -0.368 e. The number of sulfone groups is 1. The van der Waals surface area contributed by atoms with Crippen LogP contribution in [0.4, 0.5) is 0 Å². The van der Waals surface area contributed by atoms with Crippen LogP contribution < -0.4 is 5.32 Å². The highest BCUT2D eigenvalue weighted by Gasteiger charge is 2.43. The summed E-state index contributed by atoms with van der Waals surface area (Å²) in [6.45, 7) is 1.59. The Hall–Kier alpha value is -0.130. The van der Waals surface area contributed by atoms with Crippen LogP contribution in [0.5, 0.6) is 0 Å². The van der Waals surface area contributed by atoms with Gasteiger partial charge in [-0.05, 0) is 25.2 Å². The van der Waals surface area contributed by atoms with Crippen LogP contribution in [0, 0.1) is 5.92 Å². The topological polar surface area (TPSA) is 55.4 Å². The van der Waals surface area contributed by atoms with Crippen LogP contribution >= 0.6 is 0 Å². The van der Waals surface area contributed by atoms with E-state index in [-0.39, 0.29) is 11.9 Å². The molecule has 1 spiro atoms. The summed E-state index contributed by atoms with van der Waals surface area (Å²) >= 11 is 0. The molecule has 0 aromatic heterocycles. The minimum atomic E-state index is -2.91. The molecule has 1 aliphatic carbocycles. The summed E-state index contributed by atoms with van der Waals surface area (Å²) in [5, 5.41) is 3.42. The highest BCUT2D eigenvalue weighted by molar-refractivity contribution is 7.91. The van der Waals surface area contributed by atoms with Gasteiger partial charge in [0.2, 0.25) is 0 Å². The highest BCUT2D eigenvalue weighted by Crippen LogP contribution is 2.34. The van der Waals surface area contributed by atoms with E-state index in [0.29, 0.717) is 12.3 Å². The van der Waals surface area contributed by atoms with Crippen molar-refractivity contribution >= 4 is 9.84 Å². The largest absolute Gasteiger partial charge is 0.368 e. The fourth-order valence-corrected chi connectivity index (χ4v) is 5.88. The van der Waals surface area contributed by atoms with E-state index in [4.69, 9.17) is 4.74 Å². The second-order valence-corrected chi connectivity index (χ2v) is 8.82. The van der Waals surface area contributed by atoms with E-state index in [1.807, 2.05) is 0 Å². The van der Waals surface area contributed by atoms with Gasteiger partial charge in [-0.15, -0.1) is 0 Å². The zero-order valence-electron chi connectivity index (χ0n) is 11.6. The summed E-state index contributed by atoms with van der Waals surface area (Å²) < 4.78 is 30.0. The maximum absolute atomic E-state index is 11.9. The quantitative estimate of drug-likeness (QED) is 0.836. The molecule has 0 amide bonds. The summed E-state index contributed by atoms with van der Waals surface area (Å²) in [7, 11) is -2.91. The summed E-state index contributed by atoms with van der Waals surface area (Å²) in [6.07, 6.45) is 8.31. The van der Waals surface area contributed by atoms with Crippen molar-refractivity contribution in [3.8, 4) is 0 Å². The van der Waals surface area contributed by atoms with Crippen LogP contribution in [0.3, 0.4) is 0 Å². The Morgan fingerprint density at radius 3 is 2.74 bits per heavy atom. The van der Waals surface area contributed by atoms with Gasteiger partial charge >= 0.3 is 0 Å². The second kappa shape index (κ2) is 5.34. The lowest BCUT2D eigenvalue weighted by Crippen LogP contribution is -2.59. The molecule has 19 heavy (non-hydrogen) atoms. The van der Waals surface area contributed by atoms with Gasteiger partial charge in [0.25, 0.3) is 0 Å². The van der Waals surface area contributed by atoms with Crippen molar-refractivity contribution in [2.45, 2.75) is 56.7 Å². The molecule has 0 radical (unpaired) electrons. The maximum atomic E-state index is 11.9. The molecule has 2 unspecified atom stereocenters. The number of rotatable bonds is 2. The predicted octanol–water partition coefficient (Wildman–Crippen LogP) is 1.50. The van der Waals surface area contributed by atoms with Crippen LogP contribution in [0.25, 0.3) is 0 Å². The highest BCUT2D eigenvalue weighted by atomic mass is 32.2. The molecule has 1 N–H and O–H groups in total. The molecule has 2 saturated heterocycles. The number of ether oxygens (including phenoxy) is 1. The van der Waals surface area contributed by atoms with Gasteiger partial charge < -0.3 is 10.1 Å². The number of morpholine rings is 1. The fraction of sp³-hybridized carbons (Fsp3) is 1.00. The van der Waals surface area contributed by atoms with Crippen molar-refractivity contribution in [3.05, 3.63) is 0 Å². The van der Waals surface area contributed by atoms with Crippen molar-refractivity contribution in [2.24, 2.45) is 5.92 Å². The van der Waals surface area contributed by atoms with Gasteiger partial charge in [0, 0.05) is 13.1 Å². The first-order chi connectivity index (χ1) is 9.07. The third kappa shape index (κ3) is 3.31. The summed E-state index contributed by atoms with van der Waals surface area (Å²) in [5.74, 6) is 1.35. The molecule has 110 valence electrons. The monoisotopic (exact) mass is 287 g/mol. The Kier molecular flexibility index (Phi) is 3.89. The predicted molar refractivity (Wildman–Crippen MR) is 74.9 cm³/mol. The Bertz CT molecular complexity index is 412. The molecular weight excluding hydrogens is 262 g/mol. The van der Waals surface area contributed by atoms with E-state index < -0.39 is 15.4 Å². The van der Waals surface area contributed by atoms with Crippen LogP contribution in [-0.4, -0.2) is 44.7 Å². The summed E-state index contributed by atoms with van der Waals surface area (Å²) in [6, 6.07) is 0. The molecule has 5 heteroatoms. The Morgan fingerprint density at radius 2 is 2.00 bits per heavy atom. The van der Waals surface area contributed by atoms with Crippen molar-refractivity contribution in [2.75, 3.05) is 24.6 Å². The molecule has 0 aromatic carbocycles. The molecule has 2 atom stereocenters. The molecule has 3 aliphatic rings. The summed E-state index contributed by atoms with van der Waals surface area (Å²) in [4.78, 5) is 0. The molecule has 1 saturated carbocycles. The summed E-state index contributed by atoms with van der Waals surface area (Å²) in [5.41, 5.74) is -0.432. The van der Waals surface area contributed by atoms with Crippen LogP contribution in [0.1, 0.15) is 44.9 Å². The first kappa shape index (κ1) is 13.8. The van der Waals surface area contributed by atoms with Crippen LogP contribution in [0.15, 0.2) is 0 Å². The van der Waals surface area contributed by atoms with Crippen molar-refractivity contribution in [1.29, 1.82) is 0 Å². The van der Waals surface area contributed by atoms with Gasteiger partial charge in [0.1, 0.15) is 0 Å². The van der Waals surface area contributed by atoms with Crippen LogP contribution in [0.2, 0.25) is 0 Å². The third-order valence-corrected chi connectivity index (χ3v) is 6.75. The first-order valence-electron chi connectivity index (χ1n) is 7.66. The van der Waals surface area contributed by atoms with Gasteiger partial charge in [0.15, 0.2) is 9.84 Å². The molecule has 2 heterocycles. The Labute approximate surface area is 116 Å². The van der Waals surface area contributed by atoms with Crippen molar-refractivity contribution < 1.29 is 13.2 Å². The second-order valence-electron chi connectivity index (χ2n) is 6.64.